The number of nitrogens with one attached hydrogen (secondary N) is 2. The predicted molar refractivity (Wildman–Crippen MR) is 99.9 cm³/mol. The first-order valence-electron chi connectivity index (χ1n) is 8.56. The summed E-state index contributed by atoms with van der Waals surface area (Å²) in [6, 6.07) is 13.4. The largest absolute Gasteiger partial charge is 0.497 e. The molecule has 26 heavy (non-hydrogen) atoms. The van der Waals surface area contributed by atoms with Gasteiger partial charge in [-0.3, -0.25) is 20.6 Å². The fourth-order valence-electron chi connectivity index (χ4n) is 3.18. The van der Waals surface area contributed by atoms with Gasteiger partial charge in [0, 0.05) is 17.6 Å². The summed E-state index contributed by atoms with van der Waals surface area (Å²) in [4.78, 5) is 21.6. The van der Waals surface area contributed by atoms with Gasteiger partial charge in [-0.15, -0.1) is 0 Å². The van der Waals surface area contributed by atoms with Crippen LogP contribution in [0.5, 0.6) is 5.75 Å². The Labute approximate surface area is 151 Å². The Morgan fingerprint density at radius 1 is 1.19 bits per heavy atom. The lowest BCUT2D eigenvalue weighted by molar-refractivity contribution is -0.123. The number of fused-ring (bicyclic) bond motifs is 1. The highest BCUT2D eigenvalue weighted by molar-refractivity contribution is 5.91. The summed E-state index contributed by atoms with van der Waals surface area (Å²) in [5.41, 5.74) is 7.92. The maximum Gasteiger partial charge on any atom is 0.250 e. The Morgan fingerprint density at radius 2 is 2.04 bits per heavy atom. The lowest BCUT2D eigenvalue weighted by atomic mass is 10.0. The van der Waals surface area contributed by atoms with Crippen molar-refractivity contribution in [2.24, 2.45) is 0 Å². The number of hydrogen-bond acceptors (Lipinski definition) is 5. The highest BCUT2D eigenvalue weighted by Gasteiger charge is 2.52. The minimum absolute atomic E-state index is 0.0820. The van der Waals surface area contributed by atoms with Crippen molar-refractivity contribution in [3.05, 3.63) is 59.9 Å². The molecule has 2 N–H and O–H groups in total. The lowest BCUT2D eigenvalue weighted by Gasteiger charge is -2.16. The predicted octanol–water partition coefficient (Wildman–Crippen LogP) is 3.12. The summed E-state index contributed by atoms with van der Waals surface area (Å²) in [6.07, 6.45) is 3.33. The number of benzene rings is 1. The van der Waals surface area contributed by atoms with Gasteiger partial charge in [-0.1, -0.05) is 6.07 Å². The number of methoxy groups -OCH3 is 1. The van der Waals surface area contributed by atoms with Crippen molar-refractivity contribution >= 4 is 22.6 Å². The fraction of sp³-hybridized carbons (Fsp3) is 0.250. The molecular formula is C20H20N4O2. The summed E-state index contributed by atoms with van der Waals surface area (Å²) >= 11 is 0. The number of hydrazine groups is 1. The number of carbonyl (C=O) groups is 1. The molecule has 0 unspecified atom stereocenters. The molecule has 3 aromatic rings. The normalized spacial score (nSPS) is 14.7. The van der Waals surface area contributed by atoms with Crippen molar-refractivity contribution in [1.82, 2.24) is 15.4 Å². The van der Waals surface area contributed by atoms with E-state index in [1.54, 1.807) is 13.3 Å². The van der Waals surface area contributed by atoms with Crippen LogP contribution in [0.2, 0.25) is 0 Å². The van der Waals surface area contributed by atoms with Crippen molar-refractivity contribution in [3.63, 3.8) is 0 Å². The van der Waals surface area contributed by atoms with E-state index in [9.17, 15) is 4.79 Å². The van der Waals surface area contributed by atoms with Gasteiger partial charge < -0.3 is 4.74 Å². The van der Waals surface area contributed by atoms with Crippen LogP contribution < -0.4 is 15.6 Å². The van der Waals surface area contributed by atoms with Gasteiger partial charge in [-0.05, 0) is 55.7 Å². The first kappa shape index (κ1) is 16.3. The minimum atomic E-state index is -0.524. The van der Waals surface area contributed by atoms with Gasteiger partial charge in [0.05, 0.1) is 23.7 Å². The van der Waals surface area contributed by atoms with Crippen molar-refractivity contribution < 1.29 is 9.53 Å². The quantitative estimate of drug-likeness (QED) is 0.693. The Morgan fingerprint density at radius 3 is 2.73 bits per heavy atom. The number of aromatic nitrogens is 2. The molecule has 1 saturated carbocycles. The van der Waals surface area contributed by atoms with Crippen LogP contribution in [0.25, 0.3) is 10.9 Å². The van der Waals surface area contributed by atoms with Crippen LogP contribution in [-0.4, -0.2) is 23.0 Å². The van der Waals surface area contributed by atoms with Crippen molar-refractivity contribution in [2.75, 3.05) is 12.5 Å². The molecule has 0 bridgehead atoms. The zero-order chi connectivity index (χ0) is 18.1. The number of anilines is 1. The molecule has 6 heteroatoms. The second-order valence-corrected chi connectivity index (χ2v) is 6.58. The molecule has 6 nitrogen and oxygen atoms in total. The topological polar surface area (TPSA) is 76.1 Å². The minimum Gasteiger partial charge on any atom is -0.497 e. The average molecular weight is 348 g/mol. The average Bonchev–Trinajstić information content (AvgIpc) is 3.48. The summed E-state index contributed by atoms with van der Waals surface area (Å²) < 4.78 is 5.27. The molecule has 1 aromatic carbocycles. The molecule has 1 fully saturated rings. The van der Waals surface area contributed by atoms with Crippen LogP contribution in [0.3, 0.4) is 0 Å². The third kappa shape index (κ3) is 2.83. The fourth-order valence-corrected chi connectivity index (χ4v) is 3.18. The van der Waals surface area contributed by atoms with Crippen LogP contribution in [0, 0.1) is 6.92 Å². The van der Waals surface area contributed by atoms with Gasteiger partial charge in [-0.25, -0.2) is 4.98 Å². The molecular weight excluding hydrogens is 328 g/mol. The Kier molecular flexibility index (Phi) is 3.95. The summed E-state index contributed by atoms with van der Waals surface area (Å²) in [5.74, 6) is 1.26. The second kappa shape index (κ2) is 6.29. The highest BCUT2D eigenvalue weighted by Crippen LogP contribution is 2.47. The molecule has 0 radical (unpaired) electrons. The van der Waals surface area contributed by atoms with E-state index < -0.39 is 5.41 Å². The van der Waals surface area contributed by atoms with E-state index >= 15 is 0 Å². The van der Waals surface area contributed by atoms with E-state index in [4.69, 9.17) is 4.74 Å². The van der Waals surface area contributed by atoms with Gasteiger partial charge in [0.1, 0.15) is 11.6 Å². The Hall–Kier alpha value is -3.15. The number of aryl methyl sites for hydroxylation is 1. The zero-order valence-corrected chi connectivity index (χ0v) is 14.7. The maximum absolute atomic E-state index is 12.7. The van der Waals surface area contributed by atoms with Crippen molar-refractivity contribution in [2.45, 2.75) is 25.2 Å². The van der Waals surface area contributed by atoms with Crippen molar-refractivity contribution in [1.29, 1.82) is 0 Å². The molecule has 0 aliphatic heterocycles. The SMILES string of the molecule is COc1ccc2c(C)cc(NNC(=O)C3(c4ccccn4)CC3)nc2c1. The first-order chi connectivity index (χ1) is 12.6. The monoisotopic (exact) mass is 348 g/mol. The van der Waals surface area contributed by atoms with Crippen LogP contribution in [0.15, 0.2) is 48.7 Å². The summed E-state index contributed by atoms with van der Waals surface area (Å²) in [7, 11) is 1.63. The number of hydrogen-bond donors (Lipinski definition) is 2. The number of pyridine rings is 2. The molecule has 4 rings (SSSR count). The van der Waals surface area contributed by atoms with E-state index in [1.165, 1.54) is 0 Å². The molecule has 2 heterocycles. The zero-order valence-electron chi connectivity index (χ0n) is 14.7. The van der Waals surface area contributed by atoms with Crippen LogP contribution in [0.4, 0.5) is 5.82 Å². The van der Waals surface area contributed by atoms with Gasteiger partial charge in [-0.2, -0.15) is 0 Å². The number of nitrogens with zero attached hydrogens (tertiary/aromatic N) is 2. The van der Waals surface area contributed by atoms with Crippen LogP contribution in [0.1, 0.15) is 24.1 Å². The number of rotatable bonds is 5. The van der Waals surface area contributed by atoms with Gasteiger partial charge in [0.25, 0.3) is 5.91 Å². The van der Waals surface area contributed by atoms with Gasteiger partial charge in [0.15, 0.2) is 0 Å². The molecule has 0 spiro atoms. The third-order valence-corrected chi connectivity index (χ3v) is 4.87. The number of amides is 1. The van der Waals surface area contributed by atoms with E-state index in [1.807, 2.05) is 49.4 Å². The molecule has 132 valence electrons. The Balaban J connectivity index is 1.54. The second-order valence-electron chi connectivity index (χ2n) is 6.58. The Bertz CT molecular complexity index is 968. The molecule has 1 aliphatic carbocycles. The van der Waals surface area contributed by atoms with E-state index in [0.29, 0.717) is 5.82 Å². The van der Waals surface area contributed by atoms with E-state index in [0.717, 1.165) is 40.8 Å². The van der Waals surface area contributed by atoms with Crippen LogP contribution >= 0.6 is 0 Å². The van der Waals surface area contributed by atoms with E-state index in [2.05, 4.69) is 20.8 Å². The number of carbonyl (C=O) groups excluding carboxylic acids is 1. The number of ether oxygens (including phenoxy) is 1. The molecule has 1 amide bonds. The lowest BCUT2D eigenvalue weighted by Crippen LogP contribution is -2.39. The molecule has 0 atom stereocenters. The standard InChI is InChI=1S/C20H20N4O2/c1-13-11-18(22-16-12-14(26-2)6-7-15(13)16)23-24-19(25)20(8-9-20)17-5-3-4-10-21-17/h3-7,10-12H,8-9H2,1-2H3,(H,22,23)(H,24,25). The summed E-state index contributed by atoms with van der Waals surface area (Å²) in [5, 5.41) is 1.05. The smallest absolute Gasteiger partial charge is 0.250 e. The first-order valence-corrected chi connectivity index (χ1v) is 8.56. The van der Waals surface area contributed by atoms with Crippen molar-refractivity contribution in [3.8, 4) is 5.75 Å². The van der Waals surface area contributed by atoms with Gasteiger partial charge >= 0.3 is 0 Å². The van der Waals surface area contributed by atoms with E-state index in [-0.39, 0.29) is 5.91 Å². The maximum atomic E-state index is 12.7. The molecule has 2 aromatic heterocycles. The third-order valence-electron chi connectivity index (χ3n) is 4.87. The highest BCUT2D eigenvalue weighted by atomic mass is 16.5. The summed E-state index contributed by atoms with van der Waals surface area (Å²) in [6.45, 7) is 2.01. The van der Waals surface area contributed by atoms with Crippen LogP contribution in [-0.2, 0) is 10.2 Å². The molecule has 0 saturated heterocycles. The molecule has 1 aliphatic rings. The van der Waals surface area contributed by atoms with Gasteiger partial charge in [0.2, 0.25) is 0 Å².